The maximum atomic E-state index is 13.0. The third-order valence-corrected chi connectivity index (χ3v) is 5.78. The Morgan fingerprint density at radius 3 is 2.57 bits per heavy atom. The molecule has 0 aliphatic carbocycles. The summed E-state index contributed by atoms with van der Waals surface area (Å²) in [6, 6.07) is 8.18. The summed E-state index contributed by atoms with van der Waals surface area (Å²) in [5.41, 5.74) is 3.00. The molecule has 0 saturated carbocycles. The molecular formula is C23H29N3O3S. The molecule has 1 aromatic carbocycles. The Kier molecular flexibility index (Phi) is 7.05. The fraction of sp³-hybridized carbons (Fsp3) is 0.435. The van der Waals surface area contributed by atoms with Crippen LogP contribution >= 0.6 is 11.3 Å². The van der Waals surface area contributed by atoms with E-state index in [4.69, 9.17) is 9.72 Å². The highest BCUT2D eigenvalue weighted by molar-refractivity contribution is 7.19. The van der Waals surface area contributed by atoms with Crippen molar-refractivity contribution in [3.8, 4) is 11.1 Å². The van der Waals surface area contributed by atoms with E-state index in [1.54, 1.807) is 6.92 Å². The van der Waals surface area contributed by atoms with E-state index in [0.717, 1.165) is 20.8 Å². The number of thiophene rings is 1. The average molecular weight is 428 g/mol. The number of benzene rings is 1. The smallest absolute Gasteiger partial charge is 0.320 e. The van der Waals surface area contributed by atoms with Crippen molar-refractivity contribution in [3.63, 3.8) is 0 Å². The lowest BCUT2D eigenvalue weighted by Gasteiger charge is -2.22. The number of fused-ring (bicyclic) bond motifs is 1. The predicted octanol–water partition coefficient (Wildman–Crippen LogP) is 4.29. The zero-order valence-electron chi connectivity index (χ0n) is 18.2. The van der Waals surface area contributed by atoms with Gasteiger partial charge in [-0.25, -0.2) is 4.98 Å². The van der Waals surface area contributed by atoms with E-state index in [0.29, 0.717) is 36.8 Å². The van der Waals surface area contributed by atoms with Crippen LogP contribution in [0.1, 0.15) is 37.0 Å². The van der Waals surface area contributed by atoms with E-state index >= 15 is 0 Å². The van der Waals surface area contributed by atoms with Crippen molar-refractivity contribution in [3.05, 3.63) is 50.9 Å². The van der Waals surface area contributed by atoms with Gasteiger partial charge in [-0.15, -0.1) is 11.3 Å². The molecule has 7 heteroatoms. The van der Waals surface area contributed by atoms with Crippen molar-refractivity contribution in [2.24, 2.45) is 5.92 Å². The maximum absolute atomic E-state index is 13.0. The van der Waals surface area contributed by atoms with Crippen molar-refractivity contribution in [1.82, 2.24) is 14.9 Å². The number of carbonyl (C=O) groups excluding carboxylic acids is 1. The molecule has 3 aromatic rings. The number of esters is 1. The molecule has 0 aliphatic rings. The van der Waals surface area contributed by atoms with E-state index in [1.165, 1.54) is 16.9 Å². The summed E-state index contributed by atoms with van der Waals surface area (Å²) >= 11 is 1.53. The van der Waals surface area contributed by atoms with Crippen molar-refractivity contribution in [2.75, 3.05) is 19.7 Å². The summed E-state index contributed by atoms with van der Waals surface area (Å²) in [4.78, 5) is 36.4. The second-order valence-corrected chi connectivity index (χ2v) is 9.16. The standard InChI is InChI=1S/C23H29N3O3S/c1-6-29-19(27)13-26(11-14(2)3)12-18-24-22(28)21-20(16(5)30-23(21)25-18)17-9-7-15(4)8-10-17/h7-10,14H,6,11-13H2,1-5H3,(H,24,25,28). The molecule has 2 heterocycles. The Labute approximate surface area is 180 Å². The molecule has 0 bridgehead atoms. The van der Waals surface area contributed by atoms with Crippen molar-refractivity contribution in [1.29, 1.82) is 0 Å². The number of aromatic amines is 1. The number of nitrogens with zero attached hydrogens (tertiary/aromatic N) is 2. The SMILES string of the molecule is CCOC(=O)CN(Cc1nc2sc(C)c(-c3ccc(C)cc3)c2c(=O)[nH]1)CC(C)C. The fourth-order valence-electron chi connectivity index (χ4n) is 3.61. The van der Waals surface area contributed by atoms with Crippen molar-refractivity contribution >= 4 is 27.5 Å². The number of hydrogen-bond acceptors (Lipinski definition) is 6. The number of nitrogens with one attached hydrogen (secondary N) is 1. The number of aryl methyl sites for hydroxylation is 2. The first kappa shape index (κ1) is 22.2. The largest absolute Gasteiger partial charge is 0.465 e. The summed E-state index contributed by atoms with van der Waals surface area (Å²) < 4.78 is 5.09. The highest BCUT2D eigenvalue weighted by Gasteiger charge is 2.19. The first-order chi connectivity index (χ1) is 14.3. The zero-order chi connectivity index (χ0) is 21.8. The number of carbonyl (C=O) groups is 1. The molecule has 0 atom stereocenters. The van der Waals surface area contributed by atoms with Gasteiger partial charge in [0.25, 0.3) is 5.56 Å². The maximum Gasteiger partial charge on any atom is 0.320 e. The Bertz CT molecular complexity index is 1080. The molecule has 3 rings (SSSR count). The molecule has 1 N–H and O–H groups in total. The third-order valence-electron chi connectivity index (χ3n) is 4.78. The summed E-state index contributed by atoms with van der Waals surface area (Å²) in [5, 5.41) is 0.630. The van der Waals surface area contributed by atoms with Crippen LogP contribution in [0.4, 0.5) is 0 Å². The summed E-state index contributed by atoms with van der Waals surface area (Å²) in [6.07, 6.45) is 0. The topological polar surface area (TPSA) is 75.3 Å². The minimum absolute atomic E-state index is 0.143. The van der Waals surface area contributed by atoms with Gasteiger partial charge >= 0.3 is 5.97 Å². The van der Waals surface area contributed by atoms with E-state index in [-0.39, 0.29) is 18.1 Å². The van der Waals surface area contributed by atoms with Gasteiger partial charge in [-0.3, -0.25) is 14.5 Å². The van der Waals surface area contributed by atoms with Gasteiger partial charge in [0.05, 0.1) is 25.1 Å². The zero-order valence-corrected chi connectivity index (χ0v) is 19.1. The van der Waals surface area contributed by atoms with Crippen LogP contribution in [0.3, 0.4) is 0 Å². The Balaban J connectivity index is 1.95. The van der Waals surface area contributed by atoms with Crippen LogP contribution in [0.5, 0.6) is 0 Å². The van der Waals surface area contributed by atoms with Crippen LogP contribution in [-0.2, 0) is 16.1 Å². The molecule has 160 valence electrons. The molecule has 0 spiro atoms. The minimum atomic E-state index is -0.268. The van der Waals surface area contributed by atoms with Gasteiger partial charge in [-0.05, 0) is 32.3 Å². The number of aromatic nitrogens is 2. The molecule has 0 unspecified atom stereocenters. The number of hydrogen-bond donors (Lipinski definition) is 1. The van der Waals surface area contributed by atoms with Gasteiger partial charge in [-0.2, -0.15) is 0 Å². The van der Waals surface area contributed by atoms with Gasteiger partial charge in [0.1, 0.15) is 10.7 Å². The van der Waals surface area contributed by atoms with E-state index in [2.05, 4.69) is 18.8 Å². The average Bonchev–Trinajstić information content (AvgIpc) is 2.98. The Morgan fingerprint density at radius 2 is 1.93 bits per heavy atom. The van der Waals surface area contributed by atoms with Gasteiger partial charge < -0.3 is 9.72 Å². The van der Waals surface area contributed by atoms with Crippen LogP contribution in [0.25, 0.3) is 21.3 Å². The van der Waals surface area contributed by atoms with Crippen molar-refractivity contribution < 1.29 is 9.53 Å². The first-order valence-electron chi connectivity index (χ1n) is 10.3. The molecule has 30 heavy (non-hydrogen) atoms. The minimum Gasteiger partial charge on any atom is -0.465 e. The molecule has 0 fully saturated rings. The summed E-state index contributed by atoms with van der Waals surface area (Å²) in [6.45, 7) is 11.7. The lowest BCUT2D eigenvalue weighted by molar-refractivity contribution is -0.144. The van der Waals surface area contributed by atoms with E-state index in [9.17, 15) is 9.59 Å². The van der Waals surface area contributed by atoms with Crippen molar-refractivity contribution in [2.45, 2.75) is 41.2 Å². The molecular weight excluding hydrogens is 398 g/mol. The quantitative estimate of drug-likeness (QED) is 0.543. The Hall–Kier alpha value is -2.51. The second-order valence-electron chi connectivity index (χ2n) is 7.96. The normalized spacial score (nSPS) is 11.6. The van der Waals surface area contributed by atoms with Crippen LogP contribution in [0.2, 0.25) is 0 Å². The molecule has 0 amide bonds. The molecule has 0 radical (unpaired) electrons. The number of rotatable bonds is 8. The molecule has 6 nitrogen and oxygen atoms in total. The summed E-state index contributed by atoms with van der Waals surface area (Å²) in [7, 11) is 0. The van der Waals surface area contributed by atoms with Crippen LogP contribution in [0, 0.1) is 19.8 Å². The van der Waals surface area contributed by atoms with Crippen LogP contribution in [0.15, 0.2) is 29.1 Å². The summed E-state index contributed by atoms with van der Waals surface area (Å²) in [5.74, 6) is 0.663. The highest BCUT2D eigenvalue weighted by Crippen LogP contribution is 2.35. The van der Waals surface area contributed by atoms with Crippen LogP contribution in [-0.4, -0.2) is 40.5 Å². The first-order valence-corrected chi connectivity index (χ1v) is 11.1. The van der Waals surface area contributed by atoms with E-state index < -0.39 is 0 Å². The highest BCUT2D eigenvalue weighted by atomic mass is 32.1. The van der Waals surface area contributed by atoms with Gasteiger partial charge in [0.15, 0.2) is 0 Å². The number of ether oxygens (including phenoxy) is 1. The van der Waals surface area contributed by atoms with E-state index in [1.807, 2.05) is 43.0 Å². The lowest BCUT2D eigenvalue weighted by Crippen LogP contribution is -2.34. The lowest BCUT2D eigenvalue weighted by atomic mass is 10.0. The molecule has 0 aliphatic heterocycles. The van der Waals surface area contributed by atoms with Gasteiger partial charge in [0.2, 0.25) is 0 Å². The molecule has 2 aromatic heterocycles. The van der Waals surface area contributed by atoms with Crippen LogP contribution < -0.4 is 5.56 Å². The Morgan fingerprint density at radius 1 is 1.23 bits per heavy atom. The van der Waals surface area contributed by atoms with Gasteiger partial charge in [0, 0.05) is 17.0 Å². The number of H-pyrrole nitrogens is 1. The monoisotopic (exact) mass is 427 g/mol. The fourth-order valence-corrected chi connectivity index (χ4v) is 4.67. The third kappa shape index (κ3) is 5.15. The predicted molar refractivity (Wildman–Crippen MR) is 122 cm³/mol. The van der Waals surface area contributed by atoms with Gasteiger partial charge in [-0.1, -0.05) is 43.7 Å². The second kappa shape index (κ2) is 9.53. The molecule has 0 saturated heterocycles.